The highest BCUT2D eigenvalue weighted by Gasteiger charge is 2.28. The fourth-order valence-electron chi connectivity index (χ4n) is 3.78. The topological polar surface area (TPSA) is 38.7 Å². The molecule has 0 saturated carbocycles. The van der Waals surface area contributed by atoms with Crippen LogP contribution in [0.2, 0.25) is 5.02 Å². The third kappa shape index (κ3) is 5.71. The molecule has 4 aromatic carbocycles. The summed E-state index contributed by atoms with van der Waals surface area (Å²) in [4.78, 5) is 13.0. The third-order valence-corrected chi connectivity index (χ3v) is 9.36. The second-order valence-electron chi connectivity index (χ2n) is 7.70. The summed E-state index contributed by atoms with van der Waals surface area (Å²) in [5.74, 6) is -0.488. The van der Waals surface area contributed by atoms with Crippen LogP contribution in [0.15, 0.2) is 138 Å². The highest BCUT2D eigenvalue weighted by Crippen LogP contribution is 2.47. The predicted molar refractivity (Wildman–Crippen MR) is 148 cm³/mol. The van der Waals surface area contributed by atoms with Crippen molar-refractivity contribution in [3.63, 3.8) is 0 Å². The Hall–Kier alpha value is -3.65. The SMILES string of the molecule is COC(=O)/C(=C\C=C/c1ccc(Cl)cc1)N=P(c1ccccc1)(c1ccccc1)c1ccccc1. The predicted octanol–water partition coefficient (Wildman–Crippen LogP) is 6.59. The summed E-state index contributed by atoms with van der Waals surface area (Å²) in [5.41, 5.74) is 1.22. The first-order valence-corrected chi connectivity index (χ1v) is 13.3. The third-order valence-electron chi connectivity index (χ3n) is 5.45. The molecule has 0 aliphatic rings. The van der Waals surface area contributed by atoms with Gasteiger partial charge in [0.05, 0.1) is 14.2 Å². The molecule has 0 N–H and O–H groups in total. The van der Waals surface area contributed by atoms with Crippen molar-refractivity contribution in [2.24, 2.45) is 4.74 Å². The summed E-state index contributed by atoms with van der Waals surface area (Å²) in [5, 5.41) is 3.82. The van der Waals surface area contributed by atoms with Crippen LogP contribution in [-0.4, -0.2) is 13.1 Å². The first-order chi connectivity index (χ1) is 17.1. The van der Waals surface area contributed by atoms with Gasteiger partial charge in [0.2, 0.25) is 0 Å². The Kier molecular flexibility index (Phi) is 8.15. The maximum atomic E-state index is 13.0. The van der Waals surface area contributed by atoms with E-state index >= 15 is 0 Å². The number of ether oxygens (including phenoxy) is 1. The van der Waals surface area contributed by atoms with Crippen molar-refractivity contribution in [3.8, 4) is 0 Å². The maximum absolute atomic E-state index is 13.0. The molecule has 5 heteroatoms. The molecule has 0 bridgehead atoms. The molecule has 35 heavy (non-hydrogen) atoms. The molecule has 0 saturated heterocycles. The molecule has 0 atom stereocenters. The van der Waals surface area contributed by atoms with Gasteiger partial charge in [-0.15, -0.1) is 0 Å². The minimum absolute atomic E-state index is 0.252. The Morgan fingerprint density at radius 2 is 1.20 bits per heavy atom. The molecule has 0 spiro atoms. The molecule has 0 aromatic heterocycles. The number of rotatable bonds is 7. The van der Waals surface area contributed by atoms with Crippen LogP contribution in [0.3, 0.4) is 0 Å². The molecule has 3 nitrogen and oxygen atoms in total. The van der Waals surface area contributed by atoms with E-state index < -0.39 is 13.0 Å². The second-order valence-corrected chi connectivity index (χ2v) is 11.2. The zero-order valence-electron chi connectivity index (χ0n) is 19.3. The Morgan fingerprint density at radius 3 is 1.63 bits per heavy atom. The van der Waals surface area contributed by atoms with Crippen molar-refractivity contribution in [1.82, 2.24) is 0 Å². The van der Waals surface area contributed by atoms with Gasteiger partial charge >= 0.3 is 5.97 Å². The van der Waals surface area contributed by atoms with E-state index in [1.165, 1.54) is 7.11 Å². The fraction of sp³-hybridized carbons (Fsp3) is 0.0333. The van der Waals surface area contributed by atoms with Gasteiger partial charge in [-0.05, 0) is 23.8 Å². The Balaban J connectivity index is 1.98. The number of hydrogen-bond donors (Lipinski definition) is 0. The van der Waals surface area contributed by atoms with E-state index in [0.717, 1.165) is 21.5 Å². The molecule has 4 rings (SSSR count). The van der Waals surface area contributed by atoms with Crippen LogP contribution in [0.1, 0.15) is 5.56 Å². The van der Waals surface area contributed by atoms with Crippen LogP contribution >= 0.6 is 18.7 Å². The number of carbonyl (C=O) groups excluding carboxylic acids is 1. The van der Waals surface area contributed by atoms with Gasteiger partial charge in [-0.1, -0.05) is 127 Å². The number of allylic oxidation sites excluding steroid dienone is 2. The van der Waals surface area contributed by atoms with Gasteiger partial charge < -0.3 is 4.74 Å². The van der Waals surface area contributed by atoms with E-state index in [-0.39, 0.29) is 5.70 Å². The molecule has 0 aliphatic heterocycles. The Labute approximate surface area is 211 Å². The molecule has 174 valence electrons. The summed E-state index contributed by atoms with van der Waals surface area (Å²) in [6, 6.07) is 38.0. The molecule has 0 amide bonds. The smallest absolute Gasteiger partial charge is 0.356 e. The quantitative estimate of drug-likeness (QED) is 0.125. The lowest BCUT2D eigenvalue weighted by Crippen LogP contribution is -2.26. The standard InChI is InChI=1S/C30H25ClNO2P/c1-34-30(33)29(19-11-12-24-20-22-25(31)23-21-24)32-35(26-13-5-2-6-14-26,27-15-7-3-8-16-27)28-17-9-4-10-18-28/h2-23H,1H3/b12-11-,29-19+. The van der Waals surface area contributed by atoms with Gasteiger partial charge in [0, 0.05) is 20.9 Å². The number of benzene rings is 4. The summed E-state index contributed by atoms with van der Waals surface area (Å²) in [7, 11) is -1.21. The normalized spacial score (nSPS) is 11.9. The van der Waals surface area contributed by atoms with Gasteiger partial charge in [-0.25, -0.2) is 9.54 Å². The zero-order valence-corrected chi connectivity index (χ0v) is 20.9. The number of hydrogen-bond acceptors (Lipinski definition) is 3. The lowest BCUT2D eigenvalue weighted by Gasteiger charge is -2.27. The van der Waals surface area contributed by atoms with E-state index in [0.29, 0.717) is 5.02 Å². The van der Waals surface area contributed by atoms with Crippen molar-refractivity contribution in [3.05, 3.63) is 144 Å². The van der Waals surface area contributed by atoms with Crippen molar-refractivity contribution in [1.29, 1.82) is 0 Å². The number of nitrogens with zero attached hydrogens (tertiary/aromatic N) is 1. The molecule has 0 radical (unpaired) electrons. The number of esters is 1. The highest BCUT2D eigenvalue weighted by atomic mass is 35.5. The van der Waals surface area contributed by atoms with Gasteiger partial charge in [-0.3, -0.25) is 0 Å². The van der Waals surface area contributed by atoms with Gasteiger partial charge in [-0.2, -0.15) is 0 Å². The van der Waals surface area contributed by atoms with E-state index in [4.69, 9.17) is 21.1 Å². The van der Waals surface area contributed by atoms with Crippen LogP contribution in [0.4, 0.5) is 0 Å². The van der Waals surface area contributed by atoms with E-state index in [1.807, 2.05) is 91.0 Å². The summed E-state index contributed by atoms with van der Waals surface area (Å²) in [6.45, 7) is 0. The van der Waals surface area contributed by atoms with E-state index in [2.05, 4.69) is 36.4 Å². The van der Waals surface area contributed by atoms with Gasteiger partial charge in [0.15, 0.2) is 0 Å². The Bertz CT molecular complexity index is 1280. The summed E-state index contributed by atoms with van der Waals surface area (Å²) < 4.78 is 10.4. The highest BCUT2D eigenvalue weighted by molar-refractivity contribution is 7.87. The van der Waals surface area contributed by atoms with E-state index in [1.54, 1.807) is 6.08 Å². The minimum atomic E-state index is -2.59. The molecule has 0 fully saturated rings. The van der Waals surface area contributed by atoms with E-state index in [9.17, 15) is 4.79 Å². The van der Waals surface area contributed by atoms with Crippen LogP contribution < -0.4 is 15.9 Å². The van der Waals surface area contributed by atoms with Crippen LogP contribution in [0, 0.1) is 0 Å². The first-order valence-electron chi connectivity index (χ1n) is 11.1. The van der Waals surface area contributed by atoms with Crippen LogP contribution in [0.5, 0.6) is 0 Å². The average molecular weight is 498 g/mol. The average Bonchev–Trinajstić information content (AvgIpc) is 2.93. The zero-order chi connectivity index (χ0) is 24.5. The van der Waals surface area contributed by atoms with Crippen LogP contribution in [0.25, 0.3) is 6.08 Å². The minimum Gasteiger partial charge on any atom is -0.464 e. The largest absolute Gasteiger partial charge is 0.464 e. The molecule has 0 unspecified atom stereocenters. The fourth-order valence-corrected chi connectivity index (χ4v) is 7.43. The van der Waals surface area contributed by atoms with Crippen molar-refractivity contribution in [2.75, 3.05) is 7.11 Å². The Morgan fingerprint density at radius 1 is 0.743 bits per heavy atom. The molecule has 4 aromatic rings. The number of methoxy groups -OCH3 is 1. The van der Waals surface area contributed by atoms with Crippen molar-refractivity contribution in [2.45, 2.75) is 0 Å². The van der Waals surface area contributed by atoms with Crippen molar-refractivity contribution >= 4 is 46.6 Å². The number of halogens is 1. The molecule has 0 heterocycles. The van der Waals surface area contributed by atoms with Crippen LogP contribution in [-0.2, 0) is 9.53 Å². The molecular weight excluding hydrogens is 473 g/mol. The van der Waals surface area contributed by atoms with Crippen molar-refractivity contribution < 1.29 is 9.53 Å². The lowest BCUT2D eigenvalue weighted by atomic mass is 10.2. The van der Waals surface area contributed by atoms with Gasteiger partial charge in [0.25, 0.3) is 0 Å². The summed E-state index contributed by atoms with van der Waals surface area (Å²) in [6.07, 6.45) is 5.43. The maximum Gasteiger partial charge on any atom is 0.356 e. The molecular formula is C30H25ClNO2P. The lowest BCUT2D eigenvalue weighted by molar-refractivity contribution is -0.136. The first kappa shape index (κ1) is 24.5. The molecule has 0 aliphatic carbocycles. The summed E-state index contributed by atoms with van der Waals surface area (Å²) >= 11 is 6.00. The monoisotopic (exact) mass is 497 g/mol. The number of carbonyl (C=O) groups is 1. The second kappa shape index (κ2) is 11.7. The van der Waals surface area contributed by atoms with Gasteiger partial charge in [0.1, 0.15) is 5.70 Å².